The molecule has 0 unspecified atom stereocenters. The van der Waals surface area contributed by atoms with E-state index < -0.39 is 16.7 Å². The summed E-state index contributed by atoms with van der Waals surface area (Å²) in [6.07, 6.45) is 0.0409. The monoisotopic (exact) mass is 138 g/mol. The molecule has 1 aliphatic rings. The van der Waals surface area contributed by atoms with Crippen LogP contribution in [0.15, 0.2) is 0 Å². The molecule has 48 valence electrons. The van der Waals surface area contributed by atoms with Gasteiger partial charge in [0.15, 0.2) is 6.29 Å². The van der Waals surface area contributed by atoms with E-state index in [9.17, 15) is 8.42 Å². The van der Waals surface area contributed by atoms with Gasteiger partial charge in [0.05, 0.1) is 0 Å². The Kier molecular flexibility index (Phi) is 1.26. The normalized spacial score (nSPS) is 27.1. The molecule has 0 aromatic rings. The molecule has 0 aliphatic carbocycles. The van der Waals surface area contributed by atoms with Crippen LogP contribution >= 0.6 is 0 Å². The fraction of sp³-hybridized carbons (Fsp3) is 1.00. The van der Waals surface area contributed by atoms with E-state index in [-0.39, 0.29) is 0 Å². The maximum atomic E-state index is 10.0. The summed E-state index contributed by atoms with van der Waals surface area (Å²) in [6, 6.07) is 0. The standard InChI is InChI=1S/C3H6O4S/c1-2-3-6-8(4,5)7-3/h3H,2H2,1H3. The SMILES string of the molecule is CCC1OS(=O)(=O)O1. The summed E-state index contributed by atoms with van der Waals surface area (Å²) in [7, 11) is -3.54. The van der Waals surface area contributed by atoms with Gasteiger partial charge >= 0.3 is 10.4 Å². The van der Waals surface area contributed by atoms with Gasteiger partial charge in [-0.15, -0.1) is 0 Å². The molecule has 8 heavy (non-hydrogen) atoms. The van der Waals surface area contributed by atoms with Crippen molar-refractivity contribution in [1.29, 1.82) is 0 Å². The predicted octanol–water partition coefficient (Wildman–Crippen LogP) is 0.0141. The van der Waals surface area contributed by atoms with Crippen molar-refractivity contribution in [3.63, 3.8) is 0 Å². The maximum absolute atomic E-state index is 10.0. The molecule has 5 heteroatoms. The largest absolute Gasteiger partial charge is 0.404 e. The van der Waals surface area contributed by atoms with Crippen LogP contribution < -0.4 is 0 Å². The summed E-state index contributed by atoms with van der Waals surface area (Å²) < 4.78 is 28.5. The molecule has 0 radical (unpaired) electrons. The van der Waals surface area contributed by atoms with Crippen LogP contribution in [-0.2, 0) is 18.8 Å². The molecule has 1 rings (SSSR count). The van der Waals surface area contributed by atoms with Gasteiger partial charge in [-0.3, -0.25) is 0 Å². The van der Waals surface area contributed by atoms with Crippen LogP contribution in [-0.4, -0.2) is 14.7 Å². The number of hydrogen-bond acceptors (Lipinski definition) is 4. The Hall–Kier alpha value is -0.130. The van der Waals surface area contributed by atoms with Crippen LogP contribution in [0, 0.1) is 0 Å². The lowest BCUT2D eigenvalue weighted by molar-refractivity contribution is -0.0800. The van der Waals surface area contributed by atoms with Gasteiger partial charge in [0.1, 0.15) is 0 Å². The van der Waals surface area contributed by atoms with Crippen molar-refractivity contribution in [1.82, 2.24) is 0 Å². The maximum Gasteiger partial charge on any atom is 0.404 e. The minimum absolute atomic E-state index is 0.528. The Bertz CT molecular complexity index is 158. The highest BCUT2D eigenvalue weighted by molar-refractivity contribution is 7.82. The summed E-state index contributed by atoms with van der Waals surface area (Å²) in [4.78, 5) is 0. The number of rotatable bonds is 1. The van der Waals surface area contributed by atoms with Gasteiger partial charge < -0.3 is 0 Å². The summed E-state index contributed by atoms with van der Waals surface area (Å²) in [5.41, 5.74) is 0. The molecule has 1 fully saturated rings. The van der Waals surface area contributed by atoms with Gasteiger partial charge in [0.2, 0.25) is 0 Å². The Morgan fingerprint density at radius 2 is 2.00 bits per heavy atom. The van der Waals surface area contributed by atoms with E-state index in [2.05, 4.69) is 8.37 Å². The van der Waals surface area contributed by atoms with E-state index in [4.69, 9.17) is 0 Å². The first-order valence-electron chi connectivity index (χ1n) is 2.25. The fourth-order valence-electron chi connectivity index (χ4n) is 0.406. The molecular formula is C3H6O4S. The van der Waals surface area contributed by atoms with Crippen LogP contribution in [0.4, 0.5) is 0 Å². The third-order valence-corrected chi connectivity index (χ3v) is 1.68. The molecule has 0 N–H and O–H groups in total. The second kappa shape index (κ2) is 1.68. The van der Waals surface area contributed by atoms with Crippen molar-refractivity contribution >= 4 is 10.4 Å². The van der Waals surface area contributed by atoms with Crippen molar-refractivity contribution in [2.75, 3.05) is 0 Å². The van der Waals surface area contributed by atoms with Crippen molar-refractivity contribution in [3.05, 3.63) is 0 Å². The molecule has 0 aromatic heterocycles. The van der Waals surface area contributed by atoms with E-state index >= 15 is 0 Å². The molecule has 1 saturated heterocycles. The van der Waals surface area contributed by atoms with Crippen LogP contribution in [0.5, 0.6) is 0 Å². The van der Waals surface area contributed by atoms with Crippen molar-refractivity contribution in [2.24, 2.45) is 0 Å². The van der Waals surface area contributed by atoms with Crippen LogP contribution in [0.25, 0.3) is 0 Å². The van der Waals surface area contributed by atoms with Gasteiger partial charge in [0, 0.05) is 0 Å². The van der Waals surface area contributed by atoms with Crippen molar-refractivity contribution in [3.8, 4) is 0 Å². The zero-order valence-electron chi connectivity index (χ0n) is 4.33. The average Bonchev–Trinajstić information content (AvgIpc) is 1.60. The molecular weight excluding hydrogens is 132 g/mol. The third-order valence-electron chi connectivity index (χ3n) is 0.784. The van der Waals surface area contributed by atoms with Crippen LogP contribution in [0.1, 0.15) is 13.3 Å². The van der Waals surface area contributed by atoms with Gasteiger partial charge in [-0.1, -0.05) is 6.92 Å². The topological polar surface area (TPSA) is 52.6 Å². The summed E-state index contributed by atoms with van der Waals surface area (Å²) in [6.45, 7) is 1.78. The first kappa shape index (κ1) is 6.00. The van der Waals surface area contributed by atoms with E-state index in [0.29, 0.717) is 6.42 Å². The molecule has 0 amide bonds. The highest BCUT2D eigenvalue weighted by Gasteiger charge is 2.34. The lowest BCUT2D eigenvalue weighted by Gasteiger charge is -2.22. The second-order valence-electron chi connectivity index (χ2n) is 1.44. The molecule has 4 nitrogen and oxygen atoms in total. The van der Waals surface area contributed by atoms with Gasteiger partial charge in [-0.05, 0) is 6.42 Å². The Balaban J connectivity index is 2.43. The van der Waals surface area contributed by atoms with Gasteiger partial charge in [-0.2, -0.15) is 8.42 Å². The van der Waals surface area contributed by atoms with Gasteiger partial charge in [0.25, 0.3) is 0 Å². The van der Waals surface area contributed by atoms with E-state index in [1.165, 1.54) is 0 Å². The molecule has 0 bridgehead atoms. The smallest absolute Gasteiger partial charge is 0.215 e. The Labute approximate surface area is 47.7 Å². The lowest BCUT2D eigenvalue weighted by atomic mass is 10.5. The molecule has 0 saturated carbocycles. The first-order chi connectivity index (χ1) is 3.64. The highest BCUT2D eigenvalue weighted by atomic mass is 32.3. The Morgan fingerprint density at radius 3 is 2.12 bits per heavy atom. The highest BCUT2D eigenvalue weighted by Crippen LogP contribution is 2.19. The number of hydrogen-bond donors (Lipinski definition) is 0. The molecule has 1 heterocycles. The molecule has 0 spiro atoms. The quantitative estimate of drug-likeness (QED) is 0.512. The van der Waals surface area contributed by atoms with Crippen molar-refractivity contribution in [2.45, 2.75) is 19.6 Å². The lowest BCUT2D eigenvalue weighted by Crippen LogP contribution is -2.35. The molecule has 0 aromatic carbocycles. The summed E-state index contributed by atoms with van der Waals surface area (Å²) in [5, 5.41) is 0. The summed E-state index contributed by atoms with van der Waals surface area (Å²) >= 11 is 0. The minimum atomic E-state index is -3.54. The van der Waals surface area contributed by atoms with Crippen LogP contribution in [0.2, 0.25) is 0 Å². The zero-order chi connectivity index (χ0) is 6.20. The zero-order valence-corrected chi connectivity index (χ0v) is 5.14. The molecule has 0 atom stereocenters. The summed E-state index contributed by atoms with van der Waals surface area (Å²) in [5.74, 6) is 0. The van der Waals surface area contributed by atoms with E-state index in [1.54, 1.807) is 6.92 Å². The van der Waals surface area contributed by atoms with E-state index in [1.807, 2.05) is 0 Å². The average molecular weight is 138 g/mol. The fourth-order valence-corrected chi connectivity index (χ4v) is 1.22. The first-order valence-corrected chi connectivity index (χ1v) is 3.59. The third kappa shape index (κ3) is 0.988. The second-order valence-corrected chi connectivity index (χ2v) is 2.64. The molecule has 1 aliphatic heterocycles. The predicted molar refractivity (Wildman–Crippen MR) is 25.2 cm³/mol. The van der Waals surface area contributed by atoms with E-state index in [0.717, 1.165) is 0 Å². The minimum Gasteiger partial charge on any atom is -0.215 e. The Morgan fingerprint density at radius 1 is 1.50 bits per heavy atom. The van der Waals surface area contributed by atoms with Gasteiger partial charge in [-0.25, -0.2) is 8.37 Å². The van der Waals surface area contributed by atoms with Crippen molar-refractivity contribution < 1.29 is 16.8 Å². The van der Waals surface area contributed by atoms with Crippen LogP contribution in [0.3, 0.4) is 0 Å².